The molecule has 1 saturated heterocycles. The molecule has 0 spiro atoms. The van der Waals surface area contributed by atoms with Crippen molar-refractivity contribution >= 4 is 16.0 Å². The van der Waals surface area contributed by atoms with Gasteiger partial charge in [0.2, 0.25) is 0 Å². The Labute approximate surface area is 141 Å². The first kappa shape index (κ1) is 21.0. The van der Waals surface area contributed by atoms with Crippen LogP contribution in [0.3, 0.4) is 0 Å². The van der Waals surface area contributed by atoms with Gasteiger partial charge in [-0.2, -0.15) is 17.5 Å². The van der Waals surface area contributed by atoms with Crippen LogP contribution < -0.4 is 10.6 Å². The van der Waals surface area contributed by atoms with E-state index >= 15 is 0 Å². The van der Waals surface area contributed by atoms with E-state index in [1.54, 1.807) is 7.05 Å². The van der Waals surface area contributed by atoms with Crippen molar-refractivity contribution in [2.45, 2.75) is 57.0 Å². The van der Waals surface area contributed by atoms with Gasteiger partial charge in [-0.3, -0.25) is 4.99 Å². The van der Waals surface area contributed by atoms with Gasteiger partial charge in [-0.15, -0.1) is 0 Å². The number of piperidine rings is 1. The van der Waals surface area contributed by atoms with Gasteiger partial charge in [0.15, 0.2) is 5.96 Å². The Kier molecular flexibility index (Phi) is 8.28. The molecule has 0 aromatic heterocycles. The molecule has 0 bridgehead atoms. The molecule has 0 atom stereocenters. The number of nitrogens with zero attached hydrogens (tertiary/aromatic N) is 2. The number of nitrogens with one attached hydrogen (secondary N) is 2. The third-order valence-corrected chi connectivity index (χ3v) is 5.60. The number of alkyl halides is 3. The Morgan fingerprint density at radius 3 is 2.33 bits per heavy atom. The van der Waals surface area contributed by atoms with Gasteiger partial charge in [-0.1, -0.05) is 26.2 Å². The fourth-order valence-corrected chi connectivity index (χ4v) is 3.52. The molecule has 0 amide bonds. The lowest BCUT2D eigenvalue weighted by Crippen LogP contribution is -2.51. The first-order chi connectivity index (χ1) is 11.2. The number of halogens is 3. The zero-order valence-electron chi connectivity index (χ0n) is 14.2. The second-order valence-electron chi connectivity index (χ2n) is 5.83. The smallest absolute Gasteiger partial charge is 0.356 e. The van der Waals surface area contributed by atoms with E-state index in [0.29, 0.717) is 23.1 Å². The zero-order valence-corrected chi connectivity index (χ0v) is 15.0. The average Bonchev–Trinajstić information content (AvgIpc) is 2.53. The van der Waals surface area contributed by atoms with E-state index in [0.717, 1.165) is 25.8 Å². The Morgan fingerprint density at radius 1 is 1.21 bits per heavy atom. The molecule has 1 heterocycles. The Bertz CT molecular complexity index is 501. The summed E-state index contributed by atoms with van der Waals surface area (Å²) >= 11 is 0. The molecule has 1 fully saturated rings. The second-order valence-corrected chi connectivity index (χ2v) is 7.76. The molecule has 0 aromatic rings. The van der Waals surface area contributed by atoms with Gasteiger partial charge in [0.25, 0.3) is 0 Å². The predicted octanol–water partition coefficient (Wildman–Crippen LogP) is 2.05. The normalized spacial score (nSPS) is 18.6. The van der Waals surface area contributed by atoms with Gasteiger partial charge in [-0.25, -0.2) is 8.42 Å². The molecule has 24 heavy (non-hydrogen) atoms. The summed E-state index contributed by atoms with van der Waals surface area (Å²) in [6, 6.07) is -0.0912. The number of guanidine groups is 1. The van der Waals surface area contributed by atoms with Crippen molar-refractivity contribution < 1.29 is 21.6 Å². The van der Waals surface area contributed by atoms with E-state index in [-0.39, 0.29) is 19.1 Å². The minimum absolute atomic E-state index is 0.0912. The summed E-state index contributed by atoms with van der Waals surface area (Å²) in [5, 5.41) is 6.31. The number of hydrogen-bond donors (Lipinski definition) is 2. The maximum Gasteiger partial charge on any atom is 0.511 e. The van der Waals surface area contributed by atoms with Gasteiger partial charge >= 0.3 is 15.5 Å². The molecule has 1 aliphatic rings. The van der Waals surface area contributed by atoms with E-state index in [1.807, 2.05) is 0 Å². The number of aliphatic imine (C=N–C) groups is 1. The van der Waals surface area contributed by atoms with Gasteiger partial charge < -0.3 is 10.6 Å². The summed E-state index contributed by atoms with van der Waals surface area (Å²) in [5.41, 5.74) is -5.23. The maximum atomic E-state index is 12.5. The summed E-state index contributed by atoms with van der Waals surface area (Å²) in [5.74, 6) is 0.601. The van der Waals surface area contributed by atoms with Crippen LogP contribution in [0.1, 0.15) is 45.4 Å². The lowest BCUT2D eigenvalue weighted by molar-refractivity contribution is -0.0494. The molecule has 2 N–H and O–H groups in total. The Morgan fingerprint density at radius 2 is 1.83 bits per heavy atom. The van der Waals surface area contributed by atoms with Crippen molar-refractivity contribution in [3.8, 4) is 0 Å². The summed E-state index contributed by atoms with van der Waals surface area (Å²) in [4.78, 5) is 4.09. The van der Waals surface area contributed by atoms with Crippen LogP contribution in [0.25, 0.3) is 0 Å². The minimum Gasteiger partial charge on any atom is -0.356 e. The predicted molar refractivity (Wildman–Crippen MR) is 88.2 cm³/mol. The first-order valence-electron chi connectivity index (χ1n) is 8.26. The molecular formula is C14H27F3N4O2S. The van der Waals surface area contributed by atoms with Crippen LogP contribution in [0.15, 0.2) is 4.99 Å². The number of sulfonamides is 1. The molecular weight excluding hydrogens is 345 g/mol. The fourth-order valence-electron chi connectivity index (χ4n) is 2.53. The molecule has 1 aliphatic heterocycles. The Balaban J connectivity index is 2.39. The summed E-state index contributed by atoms with van der Waals surface area (Å²) in [7, 11) is -3.59. The molecule has 0 unspecified atom stereocenters. The summed E-state index contributed by atoms with van der Waals surface area (Å²) in [6.07, 6.45) is 5.12. The van der Waals surface area contributed by atoms with E-state index in [2.05, 4.69) is 22.5 Å². The average molecular weight is 372 g/mol. The number of rotatable bonds is 7. The summed E-state index contributed by atoms with van der Waals surface area (Å²) < 4.78 is 60.8. The van der Waals surface area contributed by atoms with E-state index < -0.39 is 15.5 Å². The molecule has 0 saturated carbocycles. The molecule has 0 aromatic carbocycles. The molecule has 6 nitrogen and oxygen atoms in total. The van der Waals surface area contributed by atoms with Gasteiger partial charge in [-0.05, 0) is 19.3 Å². The van der Waals surface area contributed by atoms with Gasteiger partial charge in [0.1, 0.15) is 0 Å². The van der Waals surface area contributed by atoms with Crippen molar-refractivity contribution in [3.05, 3.63) is 0 Å². The van der Waals surface area contributed by atoms with E-state index in [1.165, 1.54) is 6.42 Å². The zero-order chi connectivity index (χ0) is 18.2. The van der Waals surface area contributed by atoms with Crippen LogP contribution in [-0.4, -0.2) is 56.9 Å². The Hall–Kier alpha value is -1.03. The van der Waals surface area contributed by atoms with Crippen LogP contribution >= 0.6 is 0 Å². The van der Waals surface area contributed by atoms with Crippen LogP contribution in [-0.2, 0) is 10.0 Å². The third kappa shape index (κ3) is 6.12. The molecule has 0 aliphatic carbocycles. The maximum absolute atomic E-state index is 12.5. The van der Waals surface area contributed by atoms with Crippen molar-refractivity contribution in [1.82, 2.24) is 14.9 Å². The SMILES string of the molecule is CCCCCCNC(=NC)NC1CCN(S(=O)(=O)C(F)(F)F)CC1. The van der Waals surface area contributed by atoms with Gasteiger partial charge in [0, 0.05) is 32.7 Å². The number of hydrogen-bond acceptors (Lipinski definition) is 3. The van der Waals surface area contributed by atoms with Crippen LogP contribution in [0.5, 0.6) is 0 Å². The lowest BCUT2D eigenvalue weighted by atomic mass is 10.1. The monoisotopic (exact) mass is 372 g/mol. The van der Waals surface area contributed by atoms with Crippen LogP contribution in [0, 0.1) is 0 Å². The fraction of sp³-hybridized carbons (Fsp3) is 0.929. The third-order valence-electron chi connectivity index (χ3n) is 3.97. The highest BCUT2D eigenvalue weighted by atomic mass is 32.2. The molecule has 142 valence electrons. The quantitative estimate of drug-likeness (QED) is 0.408. The topological polar surface area (TPSA) is 73.8 Å². The largest absolute Gasteiger partial charge is 0.511 e. The molecule has 1 rings (SSSR count). The van der Waals surface area contributed by atoms with Crippen molar-refractivity contribution in [2.75, 3.05) is 26.7 Å². The summed E-state index contributed by atoms with van der Waals surface area (Å²) in [6.45, 7) is 2.63. The minimum atomic E-state index is -5.23. The van der Waals surface area contributed by atoms with Gasteiger partial charge in [0.05, 0.1) is 0 Å². The van der Waals surface area contributed by atoms with E-state index in [9.17, 15) is 21.6 Å². The first-order valence-corrected chi connectivity index (χ1v) is 9.70. The van der Waals surface area contributed by atoms with E-state index in [4.69, 9.17) is 0 Å². The second kappa shape index (κ2) is 9.45. The highest BCUT2D eigenvalue weighted by Crippen LogP contribution is 2.28. The van der Waals surface area contributed by atoms with Crippen LogP contribution in [0.4, 0.5) is 13.2 Å². The standard InChI is InChI=1S/C14H27F3N4O2S/c1-3-4-5-6-9-19-13(18-2)20-12-7-10-21(11-8-12)24(22,23)14(15,16)17/h12H,3-11H2,1-2H3,(H2,18,19,20). The van der Waals surface area contributed by atoms with Crippen molar-refractivity contribution in [2.24, 2.45) is 4.99 Å². The lowest BCUT2D eigenvalue weighted by Gasteiger charge is -2.32. The van der Waals surface area contributed by atoms with Crippen molar-refractivity contribution in [1.29, 1.82) is 0 Å². The molecule has 10 heteroatoms. The van der Waals surface area contributed by atoms with Crippen LogP contribution in [0.2, 0.25) is 0 Å². The van der Waals surface area contributed by atoms with Crippen molar-refractivity contribution in [3.63, 3.8) is 0 Å². The molecule has 0 radical (unpaired) electrons. The highest BCUT2D eigenvalue weighted by molar-refractivity contribution is 7.90. The number of unbranched alkanes of at least 4 members (excludes halogenated alkanes) is 3. The highest BCUT2D eigenvalue weighted by Gasteiger charge is 2.50.